The number of carboxylic acids is 1. The maximum atomic E-state index is 11.4. The summed E-state index contributed by atoms with van der Waals surface area (Å²) in [6, 6.07) is 0. The second kappa shape index (κ2) is 4.97. The second-order valence-electron chi connectivity index (χ2n) is 5.05. The lowest BCUT2D eigenvalue weighted by Gasteiger charge is -2.32. The summed E-state index contributed by atoms with van der Waals surface area (Å²) in [5.74, 6) is 0.139. The van der Waals surface area contributed by atoms with Crippen LogP contribution in [0.3, 0.4) is 0 Å². The molecule has 1 saturated carbocycles. The van der Waals surface area contributed by atoms with Crippen molar-refractivity contribution in [2.24, 2.45) is 11.8 Å². The van der Waals surface area contributed by atoms with Crippen LogP contribution in [0.1, 0.15) is 46.5 Å². The Morgan fingerprint density at radius 2 is 2.27 bits per heavy atom. The van der Waals surface area contributed by atoms with E-state index in [-0.39, 0.29) is 0 Å². The number of nitrogens with one attached hydrogen (secondary N) is 1. The Morgan fingerprint density at radius 3 is 2.73 bits per heavy atom. The van der Waals surface area contributed by atoms with Crippen LogP contribution in [0, 0.1) is 11.8 Å². The minimum Gasteiger partial charge on any atom is -0.480 e. The van der Waals surface area contributed by atoms with E-state index in [1.165, 1.54) is 0 Å². The predicted molar refractivity (Wildman–Crippen MR) is 60.8 cm³/mol. The summed E-state index contributed by atoms with van der Waals surface area (Å²) < 4.78 is 0. The molecule has 0 radical (unpaired) electrons. The predicted octanol–water partition coefficient (Wildman–Crippen LogP) is 2.27. The van der Waals surface area contributed by atoms with E-state index in [1.54, 1.807) is 0 Å². The number of carboxylic acid groups (broad SMARTS) is 1. The minimum atomic E-state index is -0.660. The molecular weight excluding hydrogens is 190 g/mol. The van der Waals surface area contributed by atoms with Gasteiger partial charge in [0.25, 0.3) is 0 Å². The average Bonchev–Trinajstić information content (AvgIpc) is 2.58. The quantitative estimate of drug-likeness (QED) is 0.736. The van der Waals surface area contributed by atoms with Gasteiger partial charge < -0.3 is 10.4 Å². The zero-order chi connectivity index (χ0) is 11.5. The highest BCUT2D eigenvalue weighted by atomic mass is 16.4. The Bertz CT molecular complexity index is 228. The van der Waals surface area contributed by atoms with Crippen molar-refractivity contribution in [2.45, 2.75) is 52.0 Å². The molecule has 1 rings (SSSR count). The monoisotopic (exact) mass is 213 g/mol. The van der Waals surface area contributed by atoms with Gasteiger partial charge in [0.15, 0.2) is 0 Å². The molecule has 1 aliphatic rings. The van der Waals surface area contributed by atoms with Crippen LogP contribution in [0.4, 0.5) is 0 Å². The van der Waals surface area contributed by atoms with E-state index in [1.807, 2.05) is 0 Å². The van der Waals surface area contributed by atoms with Crippen molar-refractivity contribution < 1.29 is 9.90 Å². The van der Waals surface area contributed by atoms with Crippen molar-refractivity contribution in [1.29, 1.82) is 0 Å². The molecule has 0 aromatic rings. The molecule has 0 saturated heterocycles. The smallest absolute Gasteiger partial charge is 0.324 e. The Morgan fingerprint density at radius 1 is 1.60 bits per heavy atom. The van der Waals surface area contributed by atoms with E-state index in [4.69, 9.17) is 0 Å². The number of hydrogen-bond donors (Lipinski definition) is 2. The van der Waals surface area contributed by atoms with E-state index in [9.17, 15) is 9.90 Å². The molecule has 0 heterocycles. The average molecular weight is 213 g/mol. The van der Waals surface area contributed by atoms with Crippen molar-refractivity contribution in [3.8, 4) is 0 Å². The van der Waals surface area contributed by atoms with Gasteiger partial charge in [-0.1, -0.05) is 33.6 Å². The van der Waals surface area contributed by atoms with Gasteiger partial charge >= 0.3 is 5.97 Å². The van der Waals surface area contributed by atoms with E-state index in [2.05, 4.69) is 26.1 Å². The second-order valence-corrected chi connectivity index (χ2v) is 5.05. The molecule has 15 heavy (non-hydrogen) atoms. The van der Waals surface area contributed by atoms with Crippen molar-refractivity contribution >= 4 is 5.97 Å². The number of hydrogen-bond acceptors (Lipinski definition) is 2. The summed E-state index contributed by atoms with van der Waals surface area (Å²) >= 11 is 0. The molecule has 0 spiro atoms. The van der Waals surface area contributed by atoms with Crippen LogP contribution in [-0.2, 0) is 4.79 Å². The summed E-state index contributed by atoms with van der Waals surface area (Å²) in [5.41, 5.74) is -0.640. The highest BCUT2D eigenvalue weighted by Crippen LogP contribution is 2.38. The van der Waals surface area contributed by atoms with Gasteiger partial charge in [-0.05, 0) is 31.2 Å². The largest absolute Gasteiger partial charge is 0.480 e. The Balaban J connectivity index is 2.73. The summed E-state index contributed by atoms with van der Waals surface area (Å²) in [6.45, 7) is 7.10. The normalized spacial score (nSPS) is 31.1. The molecule has 0 aromatic heterocycles. The molecule has 0 amide bonds. The van der Waals surface area contributed by atoms with Crippen LogP contribution in [0.5, 0.6) is 0 Å². The lowest BCUT2D eigenvalue weighted by molar-refractivity contribution is -0.146. The summed E-state index contributed by atoms with van der Waals surface area (Å²) in [4.78, 5) is 11.4. The lowest BCUT2D eigenvalue weighted by atomic mass is 9.84. The highest BCUT2D eigenvalue weighted by Gasteiger charge is 2.47. The number of rotatable bonds is 5. The van der Waals surface area contributed by atoms with E-state index in [0.29, 0.717) is 11.8 Å². The molecule has 0 bridgehead atoms. The Labute approximate surface area is 92.3 Å². The molecule has 0 aliphatic heterocycles. The first kappa shape index (κ1) is 12.5. The van der Waals surface area contributed by atoms with Gasteiger partial charge in [-0.3, -0.25) is 4.79 Å². The fraction of sp³-hybridized carbons (Fsp3) is 0.917. The molecule has 1 aliphatic carbocycles. The van der Waals surface area contributed by atoms with Gasteiger partial charge in [-0.2, -0.15) is 0 Å². The molecular formula is C12H23NO2. The first-order valence-corrected chi connectivity index (χ1v) is 6.01. The number of carbonyl (C=O) groups is 1. The number of aliphatic carboxylic acids is 1. The first-order valence-electron chi connectivity index (χ1n) is 6.01. The van der Waals surface area contributed by atoms with Crippen molar-refractivity contribution in [3.63, 3.8) is 0 Å². The minimum absolute atomic E-state index is 0.300. The van der Waals surface area contributed by atoms with Crippen molar-refractivity contribution in [1.82, 2.24) is 5.32 Å². The van der Waals surface area contributed by atoms with Crippen LogP contribution >= 0.6 is 0 Å². The van der Waals surface area contributed by atoms with E-state index in [0.717, 1.165) is 32.2 Å². The van der Waals surface area contributed by atoms with Gasteiger partial charge in [0.1, 0.15) is 5.54 Å². The molecule has 3 nitrogen and oxygen atoms in total. The van der Waals surface area contributed by atoms with Gasteiger partial charge in [0.2, 0.25) is 0 Å². The fourth-order valence-corrected chi connectivity index (χ4v) is 2.61. The van der Waals surface area contributed by atoms with Crippen LogP contribution in [0.25, 0.3) is 0 Å². The standard InChI is InChI=1S/C12H23NO2/c1-4-10-6-5-7-12(10,11(14)15)13-8-9(2)3/h9-10,13H,4-8H2,1-3H3,(H,14,15). The maximum Gasteiger partial charge on any atom is 0.324 e. The molecule has 2 unspecified atom stereocenters. The van der Waals surface area contributed by atoms with Crippen LogP contribution in [-0.4, -0.2) is 23.2 Å². The zero-order valence-corrected chi connectivity index (χ0v) is 10.0. The third kappa shape index (κ3) is 2.51. The van der Waals surface area contributed by atoms with Gasteiger partial charge in [0.05, 0.1) is 0 Å². The van der Waals surface area contributed by atoms with Gasteiger partial charge in [0, 0.05) is 0 Å². The molecule has 2 atom stereocenters. The van der Waals surface area contributed by atoms with E-state index < -0.39 is 11.5 Å². The maximum absolute atomic E-state index is 11.4. The third-order valence-electron chi connectivity index (χ3n) is 3.52. The summed E-state index contributed by atoms with van der Waals surface area (Å²) in [5, 5.41) is 12.7. The van der Waals surface area contributed by atoms with Crippen molar-refractivity contribution in [3.05, 3.63) is 0 Å². The molecule has 88 valence electrons. The first-order chi connectivity index (χ1) is 7.03. The highest BCUT2D eigenvalue weighted by molar-refractivity contribution is 5.79. The molecule has 1 fully saturated rings. The Kier molecular flexibility index (Phi) is 4.14. The topological polar surface area (TPSA) is 49.3 Å². The SMILES string of the molecule is CCC1CCCC1(NCC(C)C)C(=O)O. The van der Waals surface area contributed by atoms with Gasteiger partial charge in [-0.15, -0.1) is 0 Å². The summed E-state index contributed by atoms with van der Waals surface area (Å²) in [7, 11) is 0. The molecule has 0 aromatic carbocycles. The zero-order valence-electron chi connectivity index (χ0n) is 10.0. The molecule has 2 N–H and O–H groups in total. The third-order valence-corrected chi connectivity index (χ3v) is 3.52. The van der Waals surface area contributed by atoms with Crippen LogP contribution in [0.2, 0.25) is 0 Å². The fourth-order valence-electron chi connectivity index (χ4n) is 2.61. The van der Waals surface area contributed by atoms with Crippen LogP contribution in [0.15, 0.2) is 0 Å². The Hall–Kier alpha value is -0.570. The van der Waals surface area contributed by atoms with E-state index >= 15 is 0 Å². The van der Waals surface area contributed by atoms with Gasteiger partial charge in [-0.25, -0.2) is 0 Å². The molecule has 3 heteroatoms. The lowest BCUT2D eigenvalue weighted by Crippen LogP contribution is -2.55. The summed E-state index contributed by atoms with van der Waals surface area (Å²) in [6.07, 6.45) is 3.83. The van der Waals surface area contributed by atoms with Crippen LogP contribution < -0.4 is 5.32 Å². The van der Waals surface area contributed by atoms with Crippen molar-refractivity contribution in [2.75, 3.05) is 6.54 Å².